The van der Waals surface area contributed by atoms with Crippen molar-refractivity contribution in [2.75, 3.05) is 5.73 Å². The molecule has 0 aromatic heterocycles. The van der Waals surface area contributed by atoms with Crippen LogP contribution in [0, 0.1) is 23.2 Å². The van der Waals surface area contributed by atoms with E-state index in [1.165, 1.54) is 0 Å². The summed E-state index contributed by atoms with van der Waals surface area (Å²) >= 11 is 2.01. The van der Waals surface area contributed by atoms with Crippen LogP contribution < -0.4 is 5.73 Å². The van der Waals surface area contributed by atoms with Crippen molar-refractivity contribution in [3.63, 3.8) is 0 Å². The largest absolute Gasteiger partial charge is 0.396 e. The van der Waals surface area contributed by atoms with E-state index >= 15 is 0 Å². The predicted molar refractivity (Wildman–Crippen MR) is 71.7 cm³/mol. The molecule has 0 fully saturated rings. The molecule has 1 nitrogen and oxygen atoms in total. The molecule has 0 unspecified atom stereocenters. The van der Waals surface area contributed by atoms with E-state index in [2.05, 4.69) is 20.8 Å². The maximum absolute atomic E-state index is 13.8. The van der Waals surface area contributed by atoms with Gasteiger partial charge in [-0.05, 0) is 58.5 Å². The molecule has 0 aliphatic rings. The molecule has 3 heteroatoms. The first kappa shape index (κ1) is 12.7. The molecular weight excluding hydrogens is 304 g/mol. The van der Waals surface area contributed by atoms with Gasteiger partial charge in [0.05, 0.1) is 9.26 Å². The third-order valence-electron chi connectivity index (χ3n) is 2.72. The van der Waals surface area contributed by atoms with E-state index in [9.17, 15) is 4.39 Å². The minimum atomic E-state index is -0.274. The number of hydrogen-bond donors (Lipinski definition) is 1. The van der Waals surface area contributed by atoms with Crippen molar-refractivity contribution in [2.45, 2.75) is 40.0 Å². The van der Waals surface area contributed by atoms with Crippen LogP contribution >= 0.6 is 22.6 Å². The Labute approximate surface area is 104 Å². The fraction of sp³-hybridized carbons (Fsp3) is 0.500. The van der Waals surface area contributed by atoms with Gasteiger partial charge < -0.3 is 5.73 Å². The molecule has 0 spiro atoms. The van der Waals surface area contributed by atoms with E-state index in [0.29, 0.717) is 9.26 Å². The van der Waals surface area contributed by atoms with E-state index in [1.54, 1.807) is 0 Å². The fourth-order valence-corrected chi connectivity index (χ4v) is 2.61. The number of nitrogen functional groups attached to an aromatic ring is 1. The van der Waals surface area contributed by atoms with E-state index in [1.807, 2.05) is 36.4 Å². The number of rotatable bonds is 0. The zero-order valence-corrected chi connectivity index (χ0v) is 12.0. The summed E-state index contributed by atoms with van der Waals surface area (Å²) in [4.78, 5) is 0. The number of nitrogens with two attached hydrogens (primary N) is 1. The molecule has 0 saturated carbocycles. The van der Waals surface area contributed by atoms with Crippen LogP contribution in [-0.2, 0) is 5.41 Å². The highest BCUT2D eigenvalue weighted by molar-refractivity contribution is 14.1. The van der Waals surface area contributed by atoms with Crippen molar-refractivity contribution < 1.29 is 4.39 Å². The molecule has 15 heavy (non-hydrogen) atoms. The lowest BCUT2D eigenvalue weighted by molar-refractivity contribution is 0.569. The zero-order chi connectivity index (χ0) is 12.0. The van der Waals surface area contributed by atoms with Gasteiger partial charge in [0, 0.05) is 0 Å². The Morgan fingerprint density at radius 3 is 2.00 bits per heavy atom. The maximum atomic E-state index is 13.8. The lowest BCUT2D eigenvalue weighted by atomic mass is 9.81. The minimum Gasteiger partial charge on any atom is -0.396 e. The molecule has 0 heterocycles. The van der Waals surface area contributed by atoms with Gasteiger partial charge in [0.2, 0.25) is 0 Å². The molecular formula is C12H17FIN. The van der Waals surface area contributed by atoms with Gasteiger partial charge in [-0.2, -0.15) is 0 Å². The predicted octanol–water partition coefficient (Wildman–Crippen LogP) is 3.93. The Bertz CT molecular complexity index is 376. The Morgan fingerprint density at radius 1 is 1.13 bits per heavy atom. The topological polar surface area (TPSA) is 26.0 Å². The Balaban J connectivity index is 3.68. The number of halogens is 2. The number of benzene rings is 1. The Morgan fingerprint density at radius 2 is 1.60 bits per heavy atom. The van der Waals surface area contributed by atoms with E-state index in [0.717, 1.165) is 16.7 Å². The van der Waals surface area contributed by atoms with Gasteiger partial charge in [-0.3, -0.25) is 0 Å². The summed E-state index contributed by atoms with van der Waals surface area (Å²) in [6.45, 7) is 10.1. The number of anilines is 1. The summed E-state index contributed by atoms with van der Waals surface area (Å²) in [5, 5.41) is 0. The van der Waals surface area contributed by atoms with Gasteiger partial charge in [0.15, 0.2) is 5.82 Å². The molecule has 0 bridgehead atoms. The summed E-state index contributed by atoms with van der Waals surface area (Å²) in [6.07, 6.45) is 0. The molecule has 2 N–H and O–H groups in total. The number of hydrogen-bond acceptors (Lipinski definition) is 1. The van der Waals surface area contributed by atoms with Gasteiger partial charge in [-0.15, -0.1) is 0 Å². The second kappa shape index (κ2) is 3.92. The molecule has 0 saturated heterocycles. The van der Waals surface area contributed by atoms with E-state index in [-0.39, 0.29) is 11.2 Å². The summed E-state index contributed by atoms with van der Waals surface area (Å²) in [5.41, 5.74) is 9.06. The van der Waals surface area contributed by atoms with Gasteiger partial charge in [-0.25, -0.2) is 4.39 Å². The van der Waals surface area contributed by atoms with Gasteiger partial charge in [-0.1, -0.05) is 20.8 Å². The van der Waals surface area contributed by atoms with Crippen LogP contribution in [-0.4, -0.2) is 0 Å². The smallest absolute Gasteiger partial charge is 0.159 e. The van der Waals surface area contributed by atoms with Crippen LogP contribution in [0.1, 0.15) is 37.5 Å². The fourth-order valence-electron chi connectivity index (χ4n) is 1.91. The van der Waals surface area contributed by atoms with Crippen LogP contribution in [0.5, 0.6) is 0 Å². The quantitative estimate of drug-likeness (QED) is 0.569. The molecule has 1 aromatic rings. The standard InChI is InChI=1S/C12H17FIN/c1-6-7(2)10(14)9(13)11(15)8(6)12(3,4)5/h15H2,1-5H3. The molecule has 0 atom stereocenters. The molecule has 0 aliphatic heterocycles. The molecule has 0 aliphatic carbocycles. The van der Waals surface area contributed by atoms with Gasteiger partial charge in [0.25, 0.3) is 0 Å². The second-order valence-electron chi connectivity index (χ2n) is 4.92. The zero-order valence-electron chi connectivity index (χ0n) is 9.83. The Kier molecular flexibility index (Phi) is 3.33. The van der Waals surface area contributed by atoms with Crippen molar-refractivity contribution in [1.82, 2.24) is 0 Å². The average Bonchev–Trinajstić information content (AvgIpc) is 2.09. The van der Waals surface area contributed by atoms with E-state index in [4.69, 9.17) is 5.73 Å². The minimum absolute atomic E-state index is 0.121. The van der Waals surface area contributed by atoms with Crippen molar-refractivity contribution in [3.8, 4) is 0 Å². The lowest BCUT2D eigenvalue weighted by Gasteiger charge is -2.26. The monoisotopic (exact) mass is 321 g/mol. The van der Waals surface area contributed by atoms with Crippen molar-refractivity contribution in [1.29, 1.82) is 0 Å². The van der Waals surface area contributed by atoms with Crippen molar-refractivity contribution in [3.05, 3.63) is 26.1 Å². The molecule has 0 radical (unpaired) electrons. The Hall–Kier alpha value is -0.320. The van der Waals surface area contributed by atoms with Crippen molar-refractivity contribution >= 4 is 28.3 Å². The SMILES string of the molecule is Cc1c(C)c(C(C)(C)C)c(N)c(F)c1I. The summed E-state index contributed by atoms with van der Waals surface area (Å²) < 4.78 is 14.5. The summed E-state index contributed by atoms with van der Waals surface area (Å²) in [7, 11) is 0. The van der Waals surface area contributed by atoms with Crippen LogP contribution in [0.2, 0.25) is 0 Å². The molecule has 84 valence electrons. The first-order valence-electron chi connectivity index (χ1n) is 4.92. The van der Waals surface area contributed by atoms with E-state index < -0.39 is 0 Å². The highest BCUT2D eigenvalue weighted by Gasteiger charge is 2.24. The molecule has 1 aromatic carbocycles. The third-order valence-corrected chi connectivity index (χ3v) is 4.00. The molecule has 0 amide bonds. The maximum Gasteiger partial charge on any atom is 0.159 e. The van der Waals surface area contributed by atoms with Crippen LogP contribution in [0.15, 0.2) is 0 Å². The lowest BCUT2D eigenvalue weighted by Crippen LogP contribution is -2.18. The first-order chi connectivity index (χ1) is 6.68. The second-order valence-corrected chi connectivity index (χ2v) is 6.00. The van der Waals surface area contributed by atoms with Gasteiger partial charge >= 0.3 is 0 Å². The van der Waals surface area contributed by atoms with Crippen LogP contribution in [0.3, 0.4) is 0 Å². The normalized spacial score (nSPS) is 11.9. The van der Waals surface area contributed by atoms with Crippen LogP contribution in [0.25, 0.3) is 0 Å². The first-order valence-corrected chi connectivity index (χ1v) is 6.00. The third kappa shape index (κ3) is 2.12. The van der Waals surface area contributed by atoms with Crippen molar-refractivity contribution in [2.24, 2.45) is 0 Å². The van der Waals surface area contributed by atoms with Crippen LogP contribution in [0.4, 0.5) is 10.1 Å². The summed E-state index contributed by atoms with van der Waals surface area (Å²) in [5.74, 6) is -0.274. The highest BCUT2D eigenvalue weighted by atomic mass is 127. The summed E-state index contributed by atoms with van der Waals surface area (Å²) in [6, 6.07) is 0. The van der Waals surface area contributed by atoms with Gasteiger partial charge in [0.1, 0.15) is 0 Å². The highest BCUT2D eigenvalue weighted by Crippen LogP contribution is 2.36. The average molecular weight is 321 g/mol. The molecule has 1 rings (SSSR count).